The van der Waals surface area contributed by atoms with Crippen molar-refractivity contribution in [3.63, 3.8) is 0 Å². The van der Waals surface area contributed by atoms with Gasteiger partial charge >= 0.3 is 5.97 Å². The van der Waals surface area contributed by atoms with Crippen LogP contribution >= 0.6 is 0 Å². The summed E-state index contributed by atoms with van der Waals surface area (Å²) in [6, 6.07) is 3.07. The zero-order chi connectivity index (χ0) is 15.0. The van der Waals surface area contributed by atoms with Crippen LogP contribution in [0.1, 0.15) is 29.0 Å². The Bertz CT molecular complexity index is 797. The van der Waals surface area contributed by atoms with Gasteiger partial charge in [0.05, 0.1) is 11.5 Å². The van der Waals surface area contributed by atoms with Crippen LogP contribution in [0.15, 0.2) is 18.3 Å². The van der Waals surface area contributed by atoms with Crippen molar-refractivity contribution in [1.82, 2.24) is 14.6 Å². The number of hydrogen-bond donors (Lipinski definition) is 1. The number of rotatable bonds is 3. The molecule has 1 saturated heterocycles. The number of aromatic carboxylic acids is 1. The molecule has 2 aromatic heterocycles. The maximum atomic E-state index is 11.6. The number of hydrogen-bond acceptors (Lipinski definition) is 5. The fourth-order valence-electron chi connectivity index (χ4n) is 2.74. The highest BCUT2D eigenvalue weighted by molar-refractivity contribution is 7.91. The Morgan fingerprint density at radius 1 is 1.48 bits per heavy atom. The summed E-state index contributed by atoms with van der Waals surface area (Å²) in [5.74, 6) is -0.139. The van der Waals surface area contributed by atoms with Gasteiger partial charge in [0.2, 0.25) is 0 Å². The fourth-order valence-corrected chi connectivity index (χ4v) is 4.52. The molecule has 112 valence electrons. The Hall–Kier alpha value is -1.96. The first-order valence-electron chi connectivity index (χ1n) is 6.72. The van der Waals surface area contributed by atoms with Crippen molar-refractivity contribution in [1.29, 1.82) is 0 Å². The predicted molar refractivity (Wildman–Crippen MR) is 75.0 cm³/mol. The fraction of sp³-hybridized carbons (Fsp3) is 0.462. The topological polar surface area (TPSA) is 102 Å². The minimum atomic E-state index is -2.96. The first kappa shape index (κ1) is 14.0. The standard InChI is InChI=1S/C13H15N3O4S/c17-13(18)10-4-1-5-16-12(10)14-11(15-16)7-9-3-2-6-21(19,20)8-9/h1,4-5,9H,2-3,6-8H2,(H,17,18). The lowest BCUT2D eigenvalue weighted by Gasteiger charge is -2.20. The molecule has 0 aromatic carbocycles. The van der Waals surface area contributed by atoms with Gasteiger partial charge in [0, 0.05) is 12.6 Å². The summed E-state index contributed by atoms with van der Waals surface area (Å²) in [4.78, 5) is 15.4. The van der Waals surface area contributed by atoms with Crippen molar-refractivity contribution in [3.05, 3.63) is 29.7 Å². The third-order valence-corrected chi connectivity index (χ3v) is 5.56. The molecule has 1 aliphatic rings. The van der Waals surface area contributed by atoms with Crippen LogP contribution in [0.25, 0.3) is 5.65 Å². The summed E-state index contributed by atoms with van der Waals surface area (Å²) in [5.41, 5.74) is 0.381. The highest BCUT2D eigenvalue weighted by Gasteiger charge is 2.26. The SMILES string of the molecule is O=C(O)c1cccn2nc(CC3CCCS(=O)(=O)C3)nc12. The van der Waals surface area contributed by atoms with Crippen molar-refractivity contribution in [2.24, 2.45) is 5.92 Å². The molecule has 2 aromatic rings. The summed E-state index contributed by atoms with van der Waals surface area (Å²) in [6.07, 6.45) is 3.59. The van der Waals surface area contributed by atoms with Gasteiger partial charge in [0.1, 0.15) is 5.56 Å². The lowest BCUT2D eigenvalue weighted by atomic mass is 10.0. The van der Waals surface area contributed by atoms with E-state index in [0.717, 1.165) is 6.42 Å². The van der Waals surface area contributed by atoms with Crippen molar-refractivity contribution < 1.29 is 18.3 Å². The van der Waals surface area contributed by atoms with Crippen LogP contribution in [0.5, 0.6) is 0 Å². The van der Waals surface area contributed by atoms with Crippen LogP contribution in [-0.2, 0) is 16.3 Å². The van der Waals surface area contributed by atoms with Crippen molar-refractivity contribution in [2.45, 2.75) is 19.3 Å². The average Bonchev–Trinajstić information content (AvgIpc) is 2.78. The molecule has 0 bridgehead atoms. The van der Waals surface area contributed by atoms with Gasteiger partial charge in [-0.05, 0) is 30.9 Å². The third kappa shape index (κ3) is 2.90. The quantitative estimate of drug-likeness (QED) is 0.899. The van der Waals surface area contributed by atoms with Gasteiger partial charge < -0.3 is 5.11 Å². The molecule has 0 spiro atoms. The second kappa shape index (κ2) is 5.10. The lowest BCUT2D eigenvalue weighted by Crippen LogP contribution is -2.26. The van der Waals surface area contributed by atoms with Gasteiger partial charge in [-0.3, -0.25) is 0 Å². The molecule has 1 unspecified atom stereocenters. The number of carbonyl (C=O) groups is 1. The van der Waals surface area contributed by atoms with E-state index in [1.165, 1.54) is 10.6 Å². The predicted octanol–water partition coefficient (Wildman–Crippen LogP) is 0.795. The highest BCUT2D eigenvalue weighted by Crippen LogP contribution is 2.21. The number of pyridine rings is 1. The summed E-state index contributed by atoms with van der Waals surface area (Å²) in [6.45, 7) is 0. The Morgan fingerprint density at radius 2 is 2.29 bits per heavy atom. The second-order valence-electron chi connectivity index (χ2n) is 5.35. The van der Waals surface area contributed by atoms with Gasteiger partial charge in [-0.2, -0.15) is 5.10 Å². The van der Waals surface area contributed by atoms with Crippen LogP contribution in [0, 0.1) is 5.92 Å². The Balaban J connectivity index is 1.88. The van der Waals surface area contributed by atoms with Crippen molar-refractivity contribution in [3.8, 4) is 0 Å². The number of carboxylic acid groups (broad SMARTS) is 1. The van der Waals surface area contributed by atoms with E-state index in [0.29, 0.717) is 24.3 Å². The normalized spacial score (nSPS) is 21.4. The van der Waals surface area contributed by atoms with E-state index in [9.17, 15) is 13.2 Å². The van der Waals surface area contributed by atoms with Crippen molar-refractivity contribution >= 4 is 21.5 Å². The van der Waals surface area contributed by atoms with Crippen LogP contribution in [0.2, 0.25) is 0 Å². The molecule has 0 radical (unpaired) electrons. The van der Waals surface area contributed by atoms with Gasteiger partial charge in [-0.25, -0.2) is 22.7 Å². The Morgan fingerprint density at radius 3 is 3.00 bits per heavy atom. The number of carboxylic acids is 1. The maximum absolute atomic E-state index is 11.6. The zero-order valence-electron chi connectivity index (χ0n) is 11.3. The lowest BCUT2D eigenvalue weighted by molar-refractivity contribution is 0.0698. The Labute approximate surface area is 121 Å². The van der Waals surface area contributed by atoms with E-state index in [-0.39, 0.29) is 23.0 Å². The molecule has 21 heavy (non-hydrogen) atoms. The maximum Gasteiger partial charge on any atom is 0.339 e. The molecular weight excluding hydrogens is 294 g/mol. The van der Waals surface area contributed by atoms with Gasteiger partial charge in [0.15, 0.2) is 21.3 Å². The minimum Gasteiger partial charge on any atom is -0.478 e. The molecule has 8 heteroatoms. The average molecular weight is 309 g/mol. The molecule has 0 aliphatic carbocycles. The van der Waals surface area contributed by atoms with E-state index in [2.05, 4.69) is 10.1 Å². The molecule has 7 nitrogen and oxygen atoms in total. The summed E-state index contributed by atoms with van der Waals surface area (Å²) >= 11 is 0. The van der Waals surface area contributed by atoms with E-state index in [1.807, 2.05) is 0 Å². The summed E-state index contributed by atoms with van der Waals surface area (Å²) < 4.78 is 24.7. The third-order valence-electron chi connectivity index (χ3n) is 3.67. The summed E-state index contributed by atoms with van der Waals surface area (Å²) in [7, 11) is -2.96. The first-order chi connectivity index (χ1) is 9.94. The monoisotopic (exact) mass is 309 g/mol. The molecule has 1 atom stereocenters. The molecule has 1 N–H and O–H groups in total. The number of fused-ring (bicyclic) bond motifs is 1. The van der Waals surface area contributed by atoms with Crippen molar-refractivity contribution in [2.75, 3.05) is 11.5 Å². The molecule has 0 amide bonds. The van der Waals surface area contributed by atoms with E-state index in [1.54, 1.807) is 12.3 Å². The van der Waals surface area contributed by atoms with E-state index >= 15 is 0 Å². The van der Waals surface area contributed by atoms with E-state index in [4.69, 9.17) is 5.11 Å². The first-order valence-corrected chi connectivity index (χ1v) is 8.55. The van der Waals surface area contributed by atoms with Crippen LogP contribution in [0.3, 0.4) is 0 Å². The number of nitrogens with zero attached hydrogens (tertiary/aromatic N) is 3. The van der Waals surface area contributed by atoms with Gasteiger partial charge in [-0.1, -0.05) is 0 Å². The number of aromatic nitrogens is 3. The number of sulfone groups is 1. The van der Waals surface area contributed by atoms with Crippen LogP contribution in [0.4, 0.5) is 0 Å². The van der Waals surface area contributed by atoms with Crippen LogP contribution < -0.4 is 0 Å². The largest absolute Gasteiger partial charge is 0.478 e. The van der Waals surface area contributed by atoms with Gasteiger partial charge in [-0.15, -0.1) is 0 Å². The zero-order valence-corrected chi connectivity index (χ0v) is 12.1. The molecule has 3 rings (SSSR count). The molecular formula is C13H15N3O4S. The minimum absolute atomic E-state index is 0.00874. The Kier molecular flexibility index (Phi) is 3.40. The molecule has 0 saturated carbocycles. The highest BCUT2D eigenvalue weighted by atomic mass is 32.2. The smallest absolute Gasteiger partial charge is 0.339 e. The van der Waals surface area contributed by atoms with E-state index < -0.39 is 15.8 Å². The second-order valence-corrected chi connectivity index (χ2v) is 7.58. The molecule has 1 aliphatic heterocycles. The molecule has 3 heterocycles. The van der Waals surface area contributed by atoms with Gasteiger partial charge in [0.25, 0.3) is 0 Å². The summed E-state index contributed by atoms with van der Waals surface area (Å²) in [5, 5.41) is 13.4. The molecule has 1 fully saturated rings. The van der Waals surface area contributed by atoms with Crippen LogP contribution in [-0.4, -0.2) is 45.6 Å².